The molecule has 0 radical (unpaired) electrons. The Balaban J connectivity index is 1.57. The van der Waals surface area contributed by atoms with E-state index in [-0.39, 0.29) is 0 Å². The van der Waals surface area contributed by atoms with Gasteiger partial charge in [0.25, 0.3) is 0 Å². The molecule has 6 nitrogen and oxygen atoms in total. The molecule has 0 saturated carbocycles. The summed E-state index contributed by atoms with van der Waals surface area (Å²) < 4.78 is 0. The van der Waals surface area contributed by atoms with Crippen molar-refractivity contribution in [2.75, 3.05) is 23.7 Å². The fourth-order valence-corrected chi connectivity index (χ4v) is 3.51. The number of nitrogens with two attached hydrogens (primary N) is 1. The number of aromatic amines is 1. The summed E-state index contributed by atoms with van der Waals surface area (Å²) in [5.74, 6) is 2.26. The van der Waals surface area contributed by atoms with Gasteiger partial charge in [0, 0.05) is 13.1 Å². The molecule has 1 aliphatic rings. The van der Waals surface area contributed by atoms with Crippen LogP contribution in [0.15, 0.2) is 36.7 Å². The highest BCUT2D eigenvalue weighted by molar-refractivity contribution is 5.82. The number of nitrogens with zero attached hydrogens (tertiary/aromatic N) is 4. The maximum absolute atomic E-state index is 6.01. The van der Waals surface area contributed by atoms with Crippen LogP contribution in [0.25, 0.3) is 11.2 Å². The van der Waals surface area contributed by atoms with Crippen LogP contribution in [0, 0.1) is 5.92 Å². The van der Waals surface area contributed by atoms with Crippen molar-refractivity contribution in [1.82, 2.24) is 19.9 Å². The van der Waals surface area contributed by atoms with E-state index in [2.05, 4.69) is 62.1 Å². The van der Waals surface area contributed by atoms with Gasteiger partial charge in [0.05, 0.1) is 6.33 Å². The molecule has 1 saturated heterocycles. The van der Waals surface area contributed by atoms with Crippen molar-refractivity contribution in [1.29, 1.82) is 0 Å². The Hall–Kier alpha value is -2.63. The van der Waals surface area contributed by atoms with Gasteiger partial charge in [-0.1, -0.05) is 37.3 Å². The van der Waals surface area contributed by atoms with Gasteiger partial charge in [-0.15, -0.1) is 0 Å². The van der Waals surface area contributed by atoms with Crippen LogP contribution in [0.4, 0.5) is 11.8 Å². The molecule has 4 rings (SSSR count). The molecule has 2 atom stereocenters. The second-order valence-corrected chi connectivity index (χ2v) is 6.24. The maximum atomic E-state index is 6.01. The Bertz CT molecular complexity index is 812. The lowest BCUT2D eigenvalue weighted by molar-refractivity contribution is 0.380. The Morgan fingerprint density at radius 2 is 2.04 bits per heavy atom. The van der Waals surface area contributed by atoms with E-state index in [9.17, 15) is 0 Å². The normalized spacial score (nSPS) is 21.7. The lowest BCUT2D eigenvalue weighted by Crippen LogP contribution is -2.39. The summed E-state index contributed by atoms with van der Waals surface area (Å²) >= 11 is 0. The number of nitrogen functional groups attached to an aromatic ring is 1. The first kappa shape index (κ1) is 14.0. The highest BCUT2D eigenvalue weighted by Crippen LogP contribution is 2.34. The molecule has 3 aromatic rings. The Morgan fingerprint density at radius 3 is 2.83 bits per heavy atom. The zero-order valence-electron chi connectivity index (χ0n) is 13.1. The Morgan fingerprint density at radius 1 is 1.22 bits per heavy atom. The predicted molar refractivity (Wildman–Crippen MR) is 91.3 cm³/mol. The first-order valence-corrected chi connectivity index (χ1v) is 7.99. The number of aromatic nitrogens is 4. The second kappa shape index (κ2) is 5.53. The zero-order valence-corrected chi connectivity index (χ0v) is 13.1. The molecule has 6 heteroatoms. The largest absolute Gasteiger partial charge is 0.382 e. The summed E-state index contributed by atoms with van der Waals surface area (Å²) in [5, 5.41) is 0. The first-order valence-electron chi connectivity index (χ1n) is 7.99. The van der Waals surface area contributed by atoms with Gasteiger partial charge in [0.2, 0.25) is 5.95 Å². The molecule has 2 aromatic heterocycles. The topological polar surface area (TPSA) is 83.7 Å². The highest BCUT2D eigenvalue weighted by atomic mass is 15.3. The average Bonchev–Trinajstić information content (AvgIpc) is 3.05. The number of fused-ring (bicyclic) bond motifs is 1. The van der Waals surface area contributed by atoms with Crippen LogP contribution in [0.1, 0.15) is 24.8 Å². The number of imidazole rings is 1. The molecule has 1 fully saturated rings. The van der Waals surface area contributed by atoms with Gasteiger partial charge in [-0.3, -0.25) is 0 Å². The molecule has 0 amide bonds. The van der Waals surface area contributed by atoms with E-state index >= 15 is 0 Å². The number of nitrogens with one attached hydrogen (secondary N) is 1. The van der Waals surface area contributed by atoms with E-state index < -0.39 is 0 Å². The third-order valence-electron chi connectivity index (χ3n) is 4.72. The van der Waals surface area contributed by atoms with Gasteiger partial charge >= 0.3 is 0 Å². The molecule has 0 bridgehead atoms. The van der Waals surface area contributed by atoms with E-state index in [1.807, 2.05) is 0 Å². The average molecular weight is 308 g/mol. The number of H-pyrrole nitrogens is 1. The molecule has 3 heterocycles. The van der Waals surface area contributed by atoms with Crippen molar-refractivity contribution in [2.45, 2.75) is 19.3 Å². The summed E-state index contributed by atoms with van der Waals surface area (Å²) in [5.41, 5.74) is 8.77. The molecule has 0 aliphatic carbocycles. The third kappa shape index (κ3) is 2.50. The minimum absolute atomic E-state index is 0.459. The van der Waals surface area contributed by atoms with E-state index in [1.54, 1.807) is 6.33 Å². The van der Waals surface area contributed by atoms with Crippen molar-refractivity contribution < 1.29 is 0 Å². The molecule has 23 heavy (non-hydrogen) atoms. The minimum atomic E-state index is 0.459. The molecule has 0 spiro atoms. The Labute approximate surface area is 134 Å². The van der Waals surface area contributed by atoms with Crippen molar-refractivity contribution in [3.05, 3.63) is 42.2 Å². The van der Waals surface area contributed by atoms with Gasteiger partial charge in [-0.2, -0.15) is 9.97 Å². The lowest BCUT2D eigenvalue weighted by Gasteiger charge is -2.37. The number of hydrogen-bond acceptors (Lipinski definition) is 5. The van der Waals surface area contributed by atoms with E-state index in [0.717, 1.165) is 19.5 Å². The standard InChI is InChI=1S/C17H20N6/c1-11-9-23(8-7-13(11)12-5-3-2-4-6-12)17-21-15(18)14-16(22-17)20-10-19-14/h2-6,10-11,13H,7-9H2,1H3,(H3,18,19,20,21,22). The number of hydrogen-bond donors (Lipinski definition) is 2. The smallest absolute Gasteiger partial charge is 0.229 e. The summed E-state index contributed by atoms with van der Waals surface area (Å²) in [7, 11) is 0. The van der Waals surface area contributed by atoms with E-state index in [0.29, 0.717) is 34.8 Å². The van der Waals surface area contributed by atoms with Crippen LogP contribution in [0.5, 0.6) is 0 Å². The molecule has 1 aromatic carbocycles. The van der Waals surface area contributed by atoms with Gasteiger partial charge in [-0.05, 0) is 23.8 Å². The Kier molecular flexibility index (Phi) is 3.37. The molecule has 2 unspecified atom stereocenters. The van der Waals surface area contributed by atoms with Crippen LogP contribution >= 0.6 is 0 Å². The van der Waals surface area contributed by atoms with E-state index in [1.165, 1.54) is 5.56 Å². The fourth-order valence-electron chi connectivity index (χ4n) is 3.51. The summed E-state index contributed by atoms with van der Waals surface area (Å²) in [6.45, 7) is 4.15. The molecule has 118 valence electrons. The number of benzene rings is 1. The van der Waals surface area contributed by atoms with E-state index in [4.69, 9.17) is 5.73 Å². The zero-order chi connectivity index (χ0) is 15.8. The molecule has 3 N–H and O–H groups in total. The second-order valence-electron chi connectivity index (χ2n) is 6.24. The van der Waals surface area contributed by atoms with Gasteiger partial charge in [0.15, 0.2) is 11.5 Å². The molecule has 1 aliphatic heterocycles. The van der Waals surface area contributed by atoms with Crippen molar-refractivity contribution in [3.8, 4) is 0 Å². The van der Waals surface area contributed by atoms with Crippen molar-refractivity contribution in [2.24, 2.45) is 5.92 Å². The van der Waals surface area contributed by atoms with Crippen LogP contribution in [0.3, 0.4) is 0 Å². The quantitative estimate of drug-likeness (QED) is 0.760. The summed E-state index contributed by atoms with van der Waals surface area (Å²) in [6.07, 6.45) is 2.69. The fraction of sp³-hybridized carbons (Fsp3) is 0.353. The summed E-state index contributed by atoms with van der Waals surface area (Å²) in [4.78, 5) is 18.4. The minimum Gasteiger partial charge on any atom is -0.382 e. The van der Waals surface area contributed by atoms with Crippen LogP contribution < -0.4 is 10.6 Å². The highest BCUT2D eigenvalue weighted by Gasteiger charge is 2.28. The van der Waals surface area contributed by atoms with Gasteiger partial charge < -0.3 is 15.6 Å². The number of rotatable bonds is 2. The molecular formula is C17H20N6. The van der Waals surface area contributed by atoms with Crippen molar-refractivity contribution in [3.63, 3.8) is 0 Å². The van der Waals surface area contributed by atoms with Gasteiger partial charge in [-0.25, -0.2) is 4.98 Å². The van der Waals surface area contributed by atoms with Crippen LogP contribution in [-0.4, -0.2) is 33.0 Å². The van der Waals surface area contributed by atoms with Crippen LogP contribution in [0.2, 0.25) is 0 Å². The SMILES string of the molecule is CC1CN(c2nc(N)c3[nH]cnc3n2)CCC1c1ccccc1. The first-order chi connectivity index (χ1) is 11.2. The number of piperidine rings is 1. The lowest BCUT2D eigenvalue weighted by atomic mass is 9.82. The third-order valence-corrected chi connectivity index (χ3v) is 4.72. The number of anilines is 2. The monoisotopic (exact) mass is 308 g/mol. The van der Waals surface area contributed by atoms with Crippen molar-refractivity contribution >= 4 is 22.9 Å². The predicted octanol–water partition coefficient (Wildman–Crippen LogP) is 2.57. The molecular weight excluding hydrogens is 288 g/mol. The van der Waals surface area contributed by atoms with Gasteiger partial charge in [0.1, 0.15) is 5.52 Å². The maximum Gasteiger partial charge on any atom is 0.229 e. The van der Waals surface area contributed by atoms with Crippen LogP contribution in [-0.2, 0) is 0 Å². The summed E-state index contributed by atoms with van der Waals surface area (Å²) in [6, 6.07) is 10.7.